The van der Waals surface area contributed by atoms with Crippen molar-refractivity contribution < 1.29 is 33.9 Å². The highest BCUT2D eigenvalue weighted by molar-refractivity contribution is 5.29. The number of benzene rings is 1. The number of halogens is 2. The summed E-state index contributed by atoms with van der Waals surface area (Å²) in [7, 11) is 0. The van der Waals surface area contributed by atoms with Crippen LogP contribution in [0.1, 0.15) is 43.8 Å². The van der Waals surface area contributed by atoms with Gasteiger partial charge in [-0.3, -0.25) is 0 Å². The standard InChI is InChI=1S/C17H25F2NO5/c18-16(19)7-4-12(5-8-16)11-25-14-3-1-2-13(10-14)15(21)6-9-20-17(22,23)24/h1-3,10,12,15,20-24H,4-9,11H2. The average molecular weight is 361 g/mol. The zero-order valence-electron chi connectivity index (χ0n) is 13.9. The van der Waals surface area contributed by atoms with E-state index in [4.69, 9.17) is 20.1 Å². The molecule has 0 aromatic heterocycles. The molecule has 0 saturated heterocycles. The van der Waals surface area contributed by atoms with Crippen molar-refractivity contribution in [2.24, 2.45) is 5.92 Å². The molecule has 25 heavy (non-hydrogen) atoms. The Bertz CT molecular complexity index is 540. The molecule has 142 valence electrons. The Labute approximate surface area is 145 Å². The normalized spacial score (nSPS) is 19.6. The van der Waals surface area contributed by atoms with Gasteiger partial charge in [-0.05, 0) is 42.9 Å². The van der Waals surface area contributed by atoms with Crippen molar-refractivity contribution in [3.05, 3.63) is 29.8 Å². The van der Waals surface area contributed by atoms with E-state index < -0.39 is 18.1 Å². The van der Waals surface area contributed by atoms with E-state index in [1.165, 1.54) is 0 Å². The minimum Gasteiger partial charge on any atom is -0.493 e. The fraction of sp³-hybridized carbons (Fsp3) is 0.647. The third kappa shape index (κ3) is 7.21. The fourth-order valence-corrected chi connectivity index (χ4v) is 2.84. The number of hydrogen-bond donors (Lipinski definition) is 5. The van der Waals surface area contributed by atoms with Crippen molar-refractivity contribution in [2.45, 2.75) is 50.2 Å². The Morgan fingerprint density at radius 1 is 1.24 bits per heavy atom. The van der Waals surface area contributed by atoms with Gasteiger partial charge in [0.15, 0.2) is 0 Å². The van der Waals surface area contributed by atoms with Gasteiger partial charge in [-0.2, -0.15) is 0 Å². The quantitative estimate of drug-likeness (QED) is 0.450. The lowest BCUT2D eigenvalue weighted by Crippen LogP contribution is -2.45. The van der Waals surface area contributed by atoms with Gasteiger partial charge < -0.3 is 25.2 Å². The molecule has 5 N–H and O–H groups in total. The van der Waals surface area contributed by atoms with Gasteiger partial charge in [-0.15, -0.1) is 0 Å². The minimum absolute atomic E-state index is 0.0218. The number of hydrogen-bond acceptors (Lipinski definition) is 6. The summed E-state index contributed by atoms with van der Waals surface area (Å²) < 4.78 is 31.9. The highest BCUT2D eigenvalue weighted by atomic mass is 19.3. The average Bonchev–Trinajstić information content (AvgIpc) is 2.53. The summed E-state index contributed by atoms with van der Waals surface area (Å²) in [6.07, 6.45) is -3.04. The van der Waals surface area contributed by atoms with Crippen molar-refractivity contribution >= 4 is 0 Å². The van der Waals surface area contributed by atoms with Crippen LogP contribution >= 0.6 is 0 Å². The van der Waals surface area contributed by atoms with Crippen molar-refractivity contribution in [2.75, 3.05) is 13.2 Å². The molecule has 2 rings (SSSR count). The summed E-state index contributed by atoms with van der Waals surface area (Å²) in [6, 6.07) is 6.80. The molecule has 1 aromatic carbocycles. The van der Waals surface area contributed by atoms with Gasteiger partial charge >= 0.3 is 6.10 Å². The lowest BCUT2D eigenvalue weighted by Gasteiger charge is -2.28. The van der Waals surface area contributed by atoms with Crippen LogP contribution in [0.2, 0.25) is 0 Å². The molecular weight excluding hydrogens is 336 g/mol. The van der Waals surface area contributed by atoms with E-state index in [1.807, 2.05) is 5.32 Å². The Kier molecular flexibility index (Phi) is 6.70. The van der Waals surface area contributed by atoms with Gasteiger partial charge in [0.05, 0.1) is 12.7 Å². The van der Waals surface area contributed by atoms with Crippen LogP contribution in [-0.2, 0) is 0 Å². The third-order valence-corrected chi connectivity index (χ3v) is 4.35. The SMILES string of the molecule is OC(CCNC(O)(O)O)c1cccc(OCC2CCC(F)(F)CC2)c1. The van der Waals surface area contributed by atoms with Crippen LogP contribution in [0.15, 0.2) is 24.3 Å². The molecule has 0 heterocycles. The third-order valence-electron chi connectivity index (χ3n) is 4.35. The van der Waals surface area contributed by atoms with Crippen molar-refractivity contribution in [3.63, 3.8) is 0 Å². The summed E-state index contributed by atoms with van der Waals surface area (Å²) in [5, 5.41) is 38.3. The van der Waals surface area contributed by atoms with E-state index in [9.17, 15) is 13.9 Å². The minimum atomic E-state index is -2.97. The second-order valence-electron chi connectivity index (χ2n) is 6.55. The molecule has 0 amide bonds. The summed E-state index contributed by atoms with van der Waals surface area (Å²) >= 11 is 0. The molecule has 1 atom stereocenters. The van der Waals surface area contributed by atoms with Gasteiger partial charge in [0.1, 0.15) is 5.75 Å². The Balaban J connectivity index is 1.80. The lowest BCUT2D eigenvalue weighted by atomic mass is 9.87. The number of nitrogens with one attached hydrogen (secondary N) is 1. The molecule has 0 spiro atoms. The molecule has 1 aromatic rings. The lowest BCUT2D eigenvalue weighted by molar-refractivity contribution is -0.331. The van der Waals surface area contributed by atoms with Crippen molar-refractivity contribution in [1.29, 1.82) is 0 Å². The van der Waals surface area contributed by atoms with E-state index in [2.05, 4.69) is 0 Å². The predicted octanol–water partition coefficient (Wildman–Crippen LogP) is 1.49. The van der Waals surface area contributed by atoms with Crippen LogP contribution in [0.4, 0.5) is 8.78 Å². The first kappa shape index (κ1) is 20.0. The first-order valence-corrected chi connectivity index (χ1v) is 8.35. The van der Waals surface area contributed by atoms with Crippen LogP contribution in [-0.4, -0.2) is 45.6 Å². The van der Waals surface area contributed by atoms with E-state index >= 15 is 0 Å². The molecule has 8 heteroatoms. The topological polar surface area (TPSA) is 102 Å². The van der Waals surface area contributed by atoms with E-state index in [-0.39, 0.29) is 31.7 Å². The van der Waals surface area contributed by atoms with E-state index in [0.717, 1.165) is 0 Å². The maximum Gasteiger partial charge on any atom is 0.343 e. The second-order valence-corrected chi connectivity index (χ2v) is 6.55. The molecule has 1 aliphatic rings. The zero-order valence-corrected chi connectivity index (χ0v) is 13.9. The maximum atomic E-state index is 13.1. The van der Waals surface area contributed by atoms with Crippen LogP contribution < -0.4 is 10.1 Å². The second kappa shape index (κ2) is 8.37. The molecule has 0 aliphatic heterocycles. The Morgan fingerprint density at radius 2 is 1.92 bits per heavy atom. The molecule has 1 saturated carbocycles. The summed E-state index contributed by atoms with van der Waals surface area (Å²) in [6.45, 7) is 0.339. The molecule has 1 unspecified atom stereocenters. The van der Waals surface area contributed by atoms with Crippen molar-refractivity contribution in [1.82, 2.24) is 5.32 Å². The van der Waals surface area contributed by atoms with Gasteiger partial charge in [0, 0.05) is 19.4 Å². The highest BCUT2D eigenvalue weighted by Crippen LogP contribution is 2.36. The molecule has 1 fully saturated rings. The first-order valence-electron chi connectivity index (χ1n) is 8.35. The summed E-state index contributed by atoms with van der Waals surface area (Å²) in [4.78, 5) is 0. The number of alkyl halides is 2. The predicted molar refractivity (Wildman–Crippen MR) is 85.8 cm³/mol. The largest absolute Gasteiger partial charge is 0.493 e. The highest BCUT2D eigenvalue weighted by Gasteiger charge is 2.35. The van der Waals surface area contributed by atoms with E-state index in [1.54, 1.807) is 24.3 Å². The van der Waals surface area contributed by atoms with Crippen LogP contribution in [0.5, 0.6) is 5.75 Å². The summed E-state index contributed by atoms with van der Waals surface area (Å²) in [5.41, 5.74) is 0.578. The number of ether oxygens (including phenoxy) is 1. The maximum absolute atomic E-state index is 13.1. The monoisotopic (exact) mass is 361 g/mol. The molecular formula is C17H25F2NO5. The number of aliphatic hydroxyl groups is 4. The van der Waals surface area contributed by atoms with Gasteiger partial charge in [-0.1, -0.05) is 12.1 Å². The molecule has 0 bridgehead atoms. The Hall–Kier alpha value is -1.32. The van der Waals surface area contributed by atoms with Crippen LogP contribution in [0.3, 0.4) is 0 Å². The Morgan fingerprint density at radius 3 is 2.56 bits per heavy atom. The smallest absolute Gasteiger partial charge is 0.343 e. The van der Waals surface area contributed by atoms with E-state index in [0.29, 0.717) is 30.8 Å². The fourth-order valence-electron chi connectivity index (χ4n) is 2.84. The van der Waals surface area contributed by atoms with Gasteiger partial charge in [-0.25, -0.2) is 14.1 Å². The van der Waals surface area contributed by atoms with Crippen LogP contribution in [0, 0.1) is 5.92 Å². The molecule has 0 radical (unpaired) electrons. The number of rotatable bonds is 8. The van der Waals surface area contributed by atoms with Gasteiger partial charge in [0.25, 0.3) is 0 Å². The number of aliphatic hydroxyl groups excluding tert-OH is 1. The van der Waals surface area contributed by atoms with Crippen LogP contribution in [0.25, 0.3) is 0 Å². The zero-order chi connectivity index (χ0) is 18.5. The summed E-state index contributed by atoms with van der Waals surface area (Å²) in [5.74, 6) is -1.91. The molecule has 1 aliphatic carbocycles. The van der Waals surface area contributed by atoms with Gasteiger partial charge in [0.2, 0.25) is 5.92 Å². The molecule has 6 nitrogen and oxygen atoms in total. The first-order chi connectivity index (χ1) is 11.6. The van der Waals surface area contributed by atoms with Crippen molar-refractivity contribution in [3.8, 4) is 5.75 Å².